The normalized spacial score (nSPS) is 12.1. The maximum atomic E-state index is 8.77. The summed E-state index contributed by atoms with van der Waals surface area (Å²) in [4.78, 5) is 2.18. The second kappa shape index (κ2) is 6.88. The van der Waals surface area contributed by atoms with Crippen molar-refractivity contribution in [2.75, 3.05) is 14.1 Å². The van der Waals surface area contributed by atoms with Crippen molar-refractivity contribution in [3.63, 3.8) is 0 Å². The highest BCUT2D eigenvalue weighted by atomic mass is 15.1. The number of benzene rings is 2. The Balaban J connectivity index is 2.20. The van der Waals surface area contributed by atoms with Gasteiger partial charge in [-0.2, -0.15) is 5.26 Å². The molecule has 0 bridgehead atoms. The molecule has 0 fully saturated rings. The molecule has 0 aliphatic carbocycles. The van der Waals surface area contributed by atoms with Gasteiger partial charge in [-0.3, -0.25) is 0 Å². The number of rotatable bonds is 5. The van der Waals surface area contributed by atoms with Gasteiger partial charge < -0.3 is 4.90 Å². The molecule has 102 valence electrons. The molecule has 0 heterocycles. The lowest BCUT2D eigenvalue weighted by molar-refractivity contribution is 0.286. The van der Waals surface area contributed by atoms with E-state index in [1.807, 2.05) is 6.07 Å². The third-order valence-corrected chi connectivity index (χ3v) is 3.56. The summed E-state index contributed by atoms with van der Waals surface area (Å²) in [5, 5.41) is 8.77. The van der Waals surface area contributed by atoms with E-state index >= 15 is 0 Å². The molecule has 0 aliphatic rings. The Bertz CT molecular complexity index is 565. The van der Waals surface area contributed by atoms with Crippen LogP contribution in [0.4, 0.5) is 0 Å². The van der Waals surface area contributed by atoms with E-state index in [-0.39, 0.29) is 0 Å². The van der Waals surface area contributed by atoms with Gasteiger partial charge in [0.25, 0.3) is 0 Å². The topological polar surface area (TPSA) is 27.0 Å². The predicted molar refractivity (Wildman–Crippen MR) is 83.2 cm³/mol. The van der Waals surface area contributed by atoms with E-state index < -0.39 is 0 Å². The largest absolute Gasteiger partial charge is 0.302 e. The lowest BCUT2D eigenvalue weighted by Gasteiger charge is -2.24. The first-order valence-electron chi connectivity index (χ1n) is 6.91. The van der Waals surface area contributed by atoms with Gasteiger partial charge >= 0.3 is 0 Å². The highest BCUT2D eigenvalue weighted by Gasteiger charge is 2.13. The third kappa shape index (κ3) is 3.46. The highest BCUT2D eigenvalue weighted by Crippen LogP contribution is 2.26. The molecular weight excluding hydrogens is 244 g/mol. The highest BCUT2D eigenvalue weighted by molar-refractivity contribution is 5.63. The molecule has 0 saturated heterocycles. The van der Waals surface area contributed by atoms with Crippen LogP contribution in [-0.4, -0.2) is 19.0 Å². The predicted octanol–water partition coefficient (Wildman–Crippen LogP) is 4.26. The van der Waals surface area contributed by atoms with Crippen molar-refractivity contribution in [1.82, 2.24) is 4.90 Å². The van der Waals surface area contributed by atoms with Crippen LogP contribution < -0.4 is 0 Å². The fraction of sp³-hybridized carbons (Fsp3) is 0.278. The zero-order chi connectivity index (χ0) is 14.4. The summed E-state index contributed by atoms with van der Waals surface area (Å²) in [5.41, 5.74) is 3.73. The SMILES string of the molecule is CN(C)C(CCC#N)c1ccc(-c2ccccc2)cc1. The van der Waals surface area contributed by atoms with Crippen molar-refractivity contribution in [3.05, 3.63) is 60.2 Å². The first-order chi connectivity index (χ1) is 9.72. The molecule has 0 N–H and O–H groups in total. The fourth-order valence-corrected chi connectivity index (χ4v) is 2.45. The van der Waals surface area contributed by atoms with Crippen LogP contribution in [0.15, 0.2) is 54.6 Å². The van der Waals surface area contributed by atoms with Gasteiger partial charge in [-0.25, -0.2) is 0 Å². The number of nitriles is 1. The van der Waals surface area contributed by atoms with Crippen molar-refractivity contribution in [2.45, 2.75) is 18.9 Å². The smallest absolute Gasteiger partial charge is 0.0622 e. The first-order valence-corrected chi connectivity index (χ1v) is 6.91. The Morgan fingerprint density at radius 3 is 2.10 bits per heavy atom. The Morgan fingerprint density at radius 1 is 0.950 bits per heavy atom. The lowest BCUT2D eigenvalue weighted by Crippen LogP contribution is -2.19. The van der Waals surface area contributed by atoms with Crippen molar-refractivity contribution >= 4 is 0 Å². The maximum absolute atomic E-state index is 8.77. The Hall–Kier alpha value is -2.11. The number of hydrogen-bond donors (Lipinski definition) is 0. The van der Waals surface area contributed by atoms with Gasteiger partial charge in [0.1, 0.15) is 0 Å². The average molecular weight is 264 g/mol. The summed E-state index contributed by atoms with van der Waals surface area (Å²) in [6.07, 6.45) is 1.46. The van der Waals surface area contributed by atoms with Crippen LogP contribution in [0, 0.1) is 11.3 Å². The molecule has 0 spiro atoms. The van der Waals surface area contributed by atoms with Crippen LogP contribution in [0.3, 0.4) is 0 Å². The molecule has 2 heteroatoms. The van der Waals surface area contributed by atoms with E-state index in [0.717, 1.165) is 6.42 Å². The molecule has 1 unspecified atom stereocenters. The fourth-order valence-electron chi connectivity index (χ4n) is 2.45. The number of hydrogen-bond acceptors (Lipinski definition) is 2. The van der Waals surface area contributed by atoms with E-state index in [2.05, 4.69) is 73.6 Å². The zero-order valence-electron chi connectivity index (χ0n) is 12.1. The van der Waals surface area contributed by atoms with Crippen LogP contribution in [0.25, 0.3) is 11.1 Å². The molecule has 0 aliphatic heterocycles. The summed E-state index contributed by atoms with van der Waals surface area (Å²) in [6, 6.07) is 21.6. The first kappa shape index (κ1) is 14.3. The molecule has 0 aromatic heterocycles. The van der Waals surface area contributed by atoms with E-state index in [4.69, 9.17) is 5.26 Å². The van der Waals surface area contributed by atoms with Gasteiger partial charge in [0.05, 0.1) is 6.07 Å². The van der Waals surface area contributed by atoms with E-state index in [0.29, 0.717) is 12.5 Å². The molecule has 2 nitrogen and oxygen atoms in total. The van der Waals surface area contributed by atoms with Crippen molar-refractivity contribution in [1.29, 1.82) is 5.26 Å². The molecule has 1 atom stereocenters. The third-order valence-electron chi connectivity index (χ3n) is 3.56. The lowest BCUT2D eigenvalue weighted by atomic mass is 9.98. The van der Waals surface area contributed by atoms with Gasteiger partial charge in [-0.05, 0) is 37.2 Å². The Morgan fingerprint density at radius 2 is 1.55 bits per heavy atom. The summed E-state index contributed by atoms with van der Waals surface area (Å²) < 4.78 is 0. The standard InChI is InChI=1S/C18H20N2/c1-20(2)18(9-6-14-19)17-12-10-16(11-13-17)15-7-4-3-5-8-15/h3-5,7-8,10-13,18H,6,9H2,1-2H3. The molecule has 0 amide bonds. The second-order valence-electron chi connectivity index (χ2n) is 5.16. The van der Waals surface area contributed by atoms with Crippen LogP contribution in [-0.2, 0) is 0 Å². The average Bonchev–Trinajstić information content (AvgIpc) is 2.49. The van der Waals surface area contributed by atoms with Crippen molar-refractivity contribution in [2.24, 2.45) is 0 Å². The number of nitrogens with zero attached hydrogens (tertiary/aromatic N) is 2. The second-order valence-corrected chi connectivity index (χ2v) is 5.16. The minimum atomic E-state index is 0.305. The Labute approximate surface area is 121 Å². The van der Waals surface area contributed by atoms with E-state index in [1.165, 1.54) is 16.7 Å². The van der Waals surface area contributed by atoms with Crippen molar-refractivity contribution < 1.29 is 0 Å². The van der Waals surface area contributed by atoms with Gasteiger partial charge in [0.15, 0.2) is 0 Å². The van der Waals surface area contributed by atoms with Crippen LogP contribution in [0.1, 0.15) is 24.4 Å². The Kier molecular flexibility index (Phi) is 4.92. The zero-order valence-corrected chi connectivity index (χ0v) is 12.1. The molecule has 2 rings (SSSR count). The van der Waals surface area contributed by atoms with Crippen LogP contribution in [0.5, 0.6) is 0 Å². The summed E-state index contributed by atoms with van der Waals surface area (Å²) in [6.45, 7) is 0. The van der Waals surface area contributed by atoms with Gasteiger partial charge in [0.2, 0.25) is 0 Å². The summed E-state index contributed by atoms with van der Waals surface area (Å²) in [7, 11) is 4.13. The van der Waals surface area contributed by atoms with Crippen LogP contribution in [0.2, 0.25) is 0 Å². The molecular formula is C18H20N2. The summed E-state index contributed by atoms with van der Waals surface area (Å²) >= 11 is 0. The van der Waals surface area contributed by atoms with Gasteiger partial charge in [-0.1, -0.05) is 54.6 Å². The molecule has 0 saturated carbocycles. The summed E-state index contributed by atoms with van der Waals surface area (Å²) in [5.74, 6) is 0. The van der Waals surface area contributed by atoms with E-state index in [1.54, 1.807) is 0 Å². The quantitative estimate of drug-likeness (QED) is 0.806. The molecule has 2 aromatic carbocycles. The molecule has 20 heavy (non-hydrogen) atoms. The van der Waals surface area contributed by atoms with Crippen LogP contribution >= 0.6 is 0 Å². The van der Waals surface area contributed by atoms with Gasteiger partial charge in [0, 0.05) is 12.5 Å². The van der Waals surface area contributed by atoms with Crippen molar-refractivity contribution in [3.8, 4) is 17.2 Å². The van der Waals surface area contributed by atoms with Gasteiger partial charge in [-0.15, -0.1) is 0 Å². The molecule has 0 radical (unpaired) electrons. The minimum absolute atomic E-state index is 0.305. The van der Waals surface area contributed by atoms with E-state index in [9.17, 15) is 0 Å². The monoisotopic (exact) mass is 264 g/mol. The maximum Gasteiger partial charge on any atom is 0.0622 e. The molecule has 2 aromatic rings. The minimum Gasteiger partial charge on any atom is -0.302 e.